The Labute approximate surface area is 77.0 Å². The Morgan fingerprint density at radius 3 is 1.50 bits per heavy atom. The van der Waals surface area contributed by atoms with Crippen LogP contribution in [0.25, 0.3) is 0 Å². The molecule has 0 fully saturated rings. The standard InChI is InChI=1S/2C6H10/c1-4-6(3)5-2;1-3-5-6-4-2/h4-5H,1H2,2-3H3;3-6H,1-2H3. The van der Waals surface area contributed by atoms with Gasteiger partial charge >= 0.3 is 0 Å². The van der Waals surface area contributed by atoms with Crippen LogP contribution in [0, 0.1) is 0 Å². The molecular formula is C12H20. The van der Waals surface area contributed by atoms with Crippen LogP contribution in [-0.4, -0.2) is 0 Å². The van der Waals surface area contributed by atoms with Crippen molar-refractivity contribution in [2.24, 2.45) is 0 Å². The third-order valence-corrected chi connectivity index (χ3v) is 1.27. The summed E-state index contributed by atoms with van der Waals surface area (Å²) in [5, 5.41) is 0. The van der Waals surface area contributed by atoms with Crippen molar-refractivity contribution in [1.82, 2.24) is 0 Å². The van der Waals surface area contributed by atoms with Crippen LogP contribution < -0.4 is 0 Å². The van der Waals surface area contributed by atoms with Gasteiger partial charge in [-0.2, -0.15) is 0 Å². The second-order valence-electron chi connectivity index (χ2n) is 2.29. The zero-order valence-electron chi connectivity index (χ0n) is 8.67. The second kappa shape index (κ2) is 12.6. The van der Waals surface area contributed by atoms with Crippen molar-refractivity contribution in [3.05, 3.63) is 48.6 Å². The second-order valence-corrected chi connectivity index (χ2v) is 2.29. The van der Waals surface area contributed by atoms with Crippen LogP contribution in [0.2, 0.25) is 0 Å². The summed E-state index contributed by atoms with van der Waals surface area (Å²) in [6.07, 6.45) is 11.9. The first kappa shape index (κ1) is 13.5. The maximum absolute atomic E-state index is 3.56. The minimum absolute atomic E-state index is 1.23. The third kappa shape index (κ3) is 16.0. The van der Waals surface area contributed by atoms with Crippen molar-refractivity contribution in [1.29, 1.82) is 0 Å². The van der Waals surface area contributed by atoms with E-state index in [1.807, 2.05) is 64.2 Å². The Hall–Kier alpha value is -1.04. The molecule has 0 bridgehead atoms. The van der Waals surface area contributed by atoms with Crippen molar-refractivity contribution in [3.8, 4) is 0 Å². The summed E-state index contributed by atoms with van der Waals surface area (Å²) in [6, 6.07) is 0. The lowest BCUT2D eigenvalue weighted by atomic mass is 10.3. The van der Waals surface area contributed by atoms with E-state index in [-0.39, 0.29) is 0 Å². The van der Waals surface area contributed by atoms with Crippen molar-refractivity contribution in [3.63, 3.8) is 0 Å². The third-order valence-electron chi connectivity index (χ3n) is 1.27. The van der Waals surface area contributed by atoms with Gasteiger partial charge < -0.3 is 0 Å². The van der Waals surface area contributed by atoms with E-state index in [4.69, 9.17) is 0 Å². The van der Waals surface area contributed by atoms with Crippen molar-refractivity contribution < 1.29 is 0 Å². The van der Waals surface area contributed by atoms with Gasteiger partial charge in [-0.05, 0) is 27.7 Å². The largest absolute Gasteiger partial charge is 0.0988 e. The summed E-state index contributed by atoms with van der Waals surface area (Å²) in [5.74, 6) is 0. The van der Waals surface area contributed by atoms with Crippen LogP contribution in [-0.2, 0) is 0 Å². The molecule has 0 aromatic heterocycles. The molecule has 0 aromatic rings. The Balaban J connectivity index is 0. The molecule has 0 saturated heterocycles. The molecule has 68 valence electrons. The van der Waals surface area contributed by atoms with Crippen molar-refractivity contribution in [2.45, 2.75) is 27.7 Å². The summed E-state index contributed by atoms with van der Waals surface area (Å²) in [4.78, 5) is 0. The monoisotopic (exact) mass is 164 g/mol. The summed E-state index contributed by atoms with van der Waals surface area (Å²) in [6.45, 7) is 11.6. The molecule has 0 aliphatic rings. The smallest absolute Gasteiger partial charge is 0.0401 e. The van der Waals surface area contributed by atoms with Gasteiger partial charge in [0, 0.05) is 0 Å². The molecule has 0 aromatic carbocycles. The minimum Gasteiger partial charge on any atom is -0.0988 e. The van der Waals surface area contributed by atoms with Crippen LogP contribution in [0.5, 0.6) is 0 Å². The highest BCUT2D eigenvalue weighted by Gasteiger charge is 1.66. The van der Waals surface area contributed by atoms with Crippen LogP contribution >= 0.6 is 0 Å². The van der Waals surface area contributed by atoms with Gasteiger partial charge in [-0.1, -0.05) is 48.6 Å². The van der Waals surface area contributed by atoms with Gasteiger partial charge in [-0.25, -0.2) is 0 Å². The summed E-state index contributed by atoms with van der Waals surface area (Å²) >= 11 is 0. The lowest BCUT2D eigenvalue weighted by Gasteiger charge is -1.78. The SMILES string of the molecule is C=CC(C)=CC.CC=CC=CC. The maximum Gasteiger partial charge on any atom is -0.0401 e. The molecule has 0 unspecified atom stereocenters. The fourth-order valence-corrected chi connectivity index (χ4v) is 0.340. The van der Waals surface area contributed by atoms with Crippen LogP contribution in [0.3, 0.4) is 0 Å². The average Bonchev–Trinajstić information content (AvgIpc) is 2.14. The highest BCUT2D eigenvalue weighted by Crippen LogP contribution is 1.88. The highest BCUT2D eigenvalue weighted by molar-refractivity contribution is 5.10. The average molecular weight is 164 g/mol. The molecule has 12 heavy (non-hydrogen) atoms. The van der Waals surface area contributed by atoms with E-state index in [9.17, 15) is 0 Å². The van der Waals surface area contributed by atoms with E-state index < -0.39 is 0 Å². The van der Waals surface area contributed by atoms with E-state index in [0.29, 0.717) is 0 Å². The number of rotatable bonds is 2. The Bertz CT molecular complexity index is 158. The van der Waals surface area contributed by atoms with Gasteiger partial charge in [0.15, 0.2) is 0 Å². The molecule has 0 rings (SSSR count). The summed E-state index contributed by atoms with van der Waals surface area (Å²) in [7, 11) is 0. The predicted octanol–water partition coefficient (Wildman–Crippen LogP) is 4.28. The maximum atomic E-state index is 3.56. The molecule has 0 aliphatic carbocycles. The normalized spacial score (nSPS) is 11.5. The van der Waals surface area contributed by atoms with Crippen LogP contribution in [0.1, 0.15) is 27.7 Å². The number of allylic oxidation sites excluding steroid dienone is 7. The van der Waals surface area contributed by atoms with E-state index in [1.165, 1.54) is 5.57 Å². The first-order valence-electron chi connectivity index (χ1n) is 4.22. The van der Waals surface area contributed by atoms with Gasteiger partial charge in [-0.3, -0.25) is 0 Å². The molecule has 0 aliphatic heterocycles. The molecule has 0 radical (unpaired) electrons. The molecule has 0 heterocycles. The van der Waals surface area contributed by atoms with E-state index >= 15 is 0 Å². The first-order chi connectivity index (χ1) is 5.72. The zero-order chi connectivity index (χ0) is 9.82. The quantitative estimate of drug-likeness (QED) is 0.534. The van der Waals surface area contributed by atoms with Gasteiger partial charge in [0.1, 0.15) is 0 Å². The molecule has 0 amide bonds. The molecule has 0 N–H and O–H groups in total. The Morgan fingerprint density at radius 1 is 1.00 bits per heavy atom. The van der Waals surface area contributed by atoms with Gasteiger partial charge in [0.05, 0.1) is 0 Å². The number of hydrogen-bond acceptors (Lipinski definition) is 0. The topological polar surface area (TPSA) is 0 Å². The fourth-order valence-electron chi connectivity index (χ4n) is 0.340. The molecule has 0 atom stereocenters. The lowest BCUT2D eigenvalue weighted by molar-refractivity contribution is 1.49. The van der Waals surface area contributed by atoms with E-state index in [2.05, 4.69) is 6.58 Å². The minimum atomic E-state index is 1.23. The molecule has 0 heteroatoms. The Morgan fingerprint density at radius 2 is 1.42 bits per heavy atom. The van der Waals surface area contributed by atoms with Crippen LogP contribution in [0.4, 0.5) is 0 Å². The van der Waals surface area contributed by atoms with Crippen LogP contribution in [0.15, 0.2) is 48.6 Å². The first-order valence-corrected chi connectivity index (χ1v) is 4.22. The van der Waals surface area contributed by atoms with E-state index in [0.717, 1.165) is 0 Å². The molecule has 0 nitrogen and oxygen atoms in total. The molecular weight excluding hydrogens is 144 g/mol. The Kier molecular flexibility index (Phi) is 14.2. The molecule has 0 saturated carbocycles. The van der Waals surface area contributed by atoms with Crippen molar-refractivity contribution in [2.75, 3.05) is 0 Å². The highest BCUT2D eigenvalue weighted by atomic mass is 13.7. The lowest BCUT2D eigenvalue weighted by Crippen LogP contribution is -1.57. The van der Waals surface area contributed by atoms with Gasteiger partial charge in [-0.15, -0.1) is 0 Å². The zero-order valence-corrected chi connectivity index (χ0v) is 8.67. The summed E-state index contributed by atoms with van der Waals surface area (Å²) in [5.41, 5.74) is 1.23. The summed E-state index contributed by atoms with van der Waals surface area (Å²) < 4.78 is 0. The number of hydrogen-bond donors (Lipinski definition) is 0. The fraction of sp³-hybridized carbons (Fsp3) is 0.333. The van der Waals surface area contributed by atoms with E-state index in [1.54, 1.807) is 0 Å². The van der Waals surface area contributed by atoms with Gasteiger partial charge in [0.2, 0.25) is 0 Å². The predicted molar refractivity (Wildman–Crippen MR) is 59.3 cm³/mol. The molecule has 0 spiro atoms. The van der Waals surface area contributed by atoms with Crippen molar-refractivity contribution >= 4 is 0 Å². The van der Waals surface area contributed by atoms with Gasteiger partial charge in [0.25, 0.3) is 0 Å².